The average molecular weight is 256 g/mol. The first kappa shape index (κ1) is 13.1. The summed E-state index contributed by atoms with van der Waals surface area (Å²) in [6.45, 7) is 0. The van der Waals surface area contributed by atoms with Crippen LogP contribution in [0.15, 0.2) is 48.5 Å². The molecule has 0 aromatic heterocycles. The monoisotopic (exact) mass is 256 g/mol. The highest BCUT2D eigenvalue weighted by atomic mass is 16.5. The van der Waals surface area contributed by atoms with Gasteiger partial charge in [-0.05, 0) is 35.2 Å². The van der Waals surface area contributed by atoms with E-state index >= 15 is 0 Å². The molecule has 3 heteroatoms. The lowest BCUT2D eigenvalue weighted by atomic mass is 10.0. The number of carbonyl (C=O) groups is 1. The summed E-state index contributed by atoms with van der Waals surface area (Å²) < 4.78 is 5.12. The fourth-order valence-corrected chi connectivity index (χ4v) is 1.90. The SMILES string of the molecule is COc1ccc(-c2ccc(CCC(=O)O)cc2)cc1. The lowest BCUT2D eigenvalue weighted by molar-refractivity contribution is -0.136. The van der Waals surface area contributed by atoms with E-state index in [4.69, 9.17) is 9.84 Å². The van der Waals surface area contributed by atoms with Gasteiger partial charge < -0.3 is 9.84 Å². The van der Waals surface area contributed by atoms with Gasteiger partial charge in [0.2, 0.25) is 0 Å². The van der Waals surface area contributed by atoms with E-state index in [1.807, 2.05) is 48.5 Å². The molecule has 2 rings (SSSR count). The van der Waals surface area contributed by atoms with Crippen molar-refractivity contribution < 1.29 is 14.6 Å². The summed E-state index contributed by atoms with van der Waals surface area (Å²) in [5.74, 6) is 0.0704. The number of methoxy groups -OCH3 is 1. The number of hydrogen-bond acceptors (Lipinski definition) is 2. The maximum absolute atomic E-state index is 10.5. The highest BCUT2D eigenvalue weighted by molar-refractivity contribution is 5.67. The number of ether oxygens (including phenoxy) is 1. The smallest absolute Gasteiger partial charge is 0.303 e. The van der Waals surface area contributed by atoms with E-state index in [9.17, 15) is 4.79 Å². The molecule has 0 fully saturated rings. The van der Waals surface area contributed by atoms with Gasteiger partial charge in [-0.3, -0.25) is 4.79 Å². The van der Waals surface area contributed by atoms with Gasteiger partial charge in [0.15, 0.2) is 0 Å². The standard InChI is InChI=1S/C16H16O3/c1-19-15-9-7-14(8-10-15)13-5-2-12(3-6-13)4-11-16(17)18/h2-3,5-10H,4,11H2,1H3,(H,17,18). The molecular formula is C16H16O3. The summed E-state index contributed by atoms with van der Waals surface area (Å²) >= 11 is 0. The molecule has 0 spiro atoms. The molecule has 3 nitrogen and oxygen atoms in total. The molecule has 0 amide bonds. The van der Waals surface area contributed by atoms with Crippen LogP contribution in [0.1, 0.15) is 12.0 Å². The van der Waals surface area contributed by atoms with Crippen molar-refractivity contribution >= 4 is 5.97 Å². The maximum Gasteiger partial charge on any atom is 0.303 e. The van der Waals surface area contributed by atoms with Gasteiger partial charge in [-0.25, -0.2) is 0 Å². The maximum atomic E-state index is 10.5. The van der Waals surface area contributed by atoms with E-state index in [1.54, 1.807) is 7.11 Å². The van der Waals surface area contributed by atoms with Gasteiger partial charge in [-0.15, -0.1) is 0 Å². The largest absolute Gasteiger partial charge is 0.497 e. The number of aliphatic carboxylic acids is 1. The lowest BCUT2D eigenvalue weighted by Crippen LogP contribution is -1.97. The average Bonchev–Trinajstić information content (AvgIpc) is 2.46. The minimum Gasteiger partial charge on any atom is -0.497 e. The summed E-state index contributed by atoms with van der Waals surface area (Å²) in [6, 6.07) is 15.8. The van der Waals surface area contributed by atoms with Crippen molar-refractivity contribution in [1.29, 1.82) is 0 Å². The van der Waals surface area contributed by atoms with Crippen molar-refractivity contribution in [2.75, 3.05) is 7.11 Å². The first-order chi connectivity index (χ1) is 9.19. The van der Waals surface area contributed by atoms with Gasteiger partial charge in [0.25, 0.3) is 0 Å². The molecule has 0 unspecified atom stereocenters. The second-order valence-electron chi connectivity index (χ2n) is 4.32. The molecule has 0 aliphatic carbocycles. The molecule has 0 aliphatic rings. The molecular weight excluding hydrogens is 240 g/mol. The van der Waals surface area contributed by atoms with Crippen LogP contribution in [-0.2, 0) is 11.2 Å². The van der Waals surface area contributed by atoms with Crippen LogP contribution in [0.25, 0.3) is 11.1 Å². The Balaban J connectivity index is 2.10. The van der Waals surface area contributed by atoms with E-state index in [0.29, 0.717) is 6.42 Å². The van der Waals surface area contributed by atoms with Gasteiger partial charge >= 0.3 is 5.97 Å². The van der Waals surface area contributed by atoms with E-state index < -0.39 is 5.97 Å². The predicted molar refractivity (Wildman–Crippen MR) is 74.4 cm³/mol. The Bertz CT molecular complexity index is 541. The molecule has 98 valence electrons. The fourth-order valence-electron chi connectivity index (χ4n) is 1.90. The topological polar surface area (TPSA) is 46.5 Å². The highest BCUT2D eigenvalue weighted by Gasteiger charge is 2.01. The van der Waals surface area contributed by atoms with Gasteiger partial charge in [0, 0.05) is 6.42 Å². The zero-order valence-corrected chi connectivity index (χ0v) is 10.8. The minimum atomic E-state index is -0.765. The summed E-state index contributed by atoms with van der Waals surface area (Å²) in [6.07, 6.45) is 0.736. The van der Waals surface area contributed by atoms with E-state index in [1.165, 1.54) is 0 Å². The number of aryl methyl sites for hydroxylation is 1. The molecule has 0 saturated carbocycles. The fraction of sp³-hybridized carbons (Fsp3) is 0.188. The van der Waals surface area contributed by atoms with E-state index in [-0.39, 0.29) is 6.42 Å². The number of carboxylic acid groups (broad SMARTS) is 1. The third-order valence-corrected chi connectivity index (χ3v) is 3.00. The molecule has 19 heavy (non-hydrogen) atoms. The van der Waals surface area contributed by atoms with Crippen molar-refractivity contribution in [3.63, 3.8) is 0 Å². The first-order valence-electron chi connectivity index (χ1n) is 6.14. The zero-order chi connectivity index (χ0) is 13.7. The van der Waals surface area contributed by atoms with Crippen LogP contribution >= 0.6 is 0 Å². The van der Waals surface area contributed by atoms with Crippen molar-refractivity contribution in [2.24, 2.45) is 0 Å². The van der Waals surface area contributed by atoms with Crippen LogP contribution in [0, 0.1) is 0 Å². The molecule has 2 aromatic carbocycles. The van der Waals surface area contributed by atoms with E-state index in [2.05, 4.69) is 0 Å². The van der Waals surface area contributed by atoms with Crippen LogP contribution in [0.2, 0.25) is 0 Å². The molecule has 0 bridgehead atoms. The Morgan fingerprint density at radius 3 is 2.00 bits per heavy atom. The van der Waals surface area contributed by atoms with Crippen LogP contribution in [0.5, 0.6) is 5.75 Å². The quantitative estimate of drug-likeness (QED) is 0.892. The number of hydrogen-bond donors (Lipinski definition) is 1. The zero-order valence-electron chi connectivity index (χ0n) is 10.8. The molecule has 0 radical (unpaired) electrons. The van der Waals surface area contributed by atoms with Crippen molar-refractivity contribution in [3.05, 3.63) is 54.1 Å². The van der Waals surface area contributed by atoms with Crippen LogP contribution < -0.4 is 4.74 Å². The molecule has 1 N–H and O–H groups in total. The molecule has 0 aliphatic heterocycles. The molecule has 0 saturated heterocycles. The second kappa shape index (κ2) is 6.05. The first-order valence-corrected chi connectivity index (χ1v) is 6.14. The Labute approximate surface area is 112 Å². The predicted octanol–water partition coefficient (Wildman–Crippen LogP) is 3.38. The van der Waals surface area contributed by atoms with Gasteiger partial charge in [0.1, 0.15) is 5.75 Å². The summed E-state index contributed by atoms with van der Waals surface area (Å²) in [5.41, 5.74) is 3.27. The summed E-state index contributed by atoms with van der Waals surface area (Å²) in [4.78, 5) is 10.5. The third-order valence-electron chi connectivity index (χ3n) is 3.00. The Morgan fingerprint density at radius 2 is 1.53 bits per heavy atom. The highest BCUT2D eigenvalue weighted by Crippen LogP contribution is 2.22. The van der Waals surface area contributed by atoms with Gasteiger partial charge in [0.05, 0.1) is 7.11 Å². The summed E-state index contributed by atoms with van der Waals surface area (Å²) in [5, 5.41) is 8.64. The normalized spacial score (nSPS) is 10.2. The lowest BCUT2D eigenvalue weighted by Gasteiger charge is -2.05. The van der Waals surface area contributed by atoms with Crippen molar-refractivity contribution in [1.82, 2.24) is 0 Å². The van der Waals surface area contributed by atoms with Crippen LogP contribution in [0.4, 0.5) is 0 Å². The van der Waals surface area contributed by atoms with Crippen molar-refractivity contribution in [3.8, 4) is 16.9 Å². The van der Waals surface area contributed by atoms with Crippen molar-refractivity contribution in [2.45, 2.75) is 12.8 Å². The number of rotatable bonds is 5. The van der Waals surface area contributed by atoms with E-state index in [0.717, 1.165) is 22.4 Å². The van der Waals surface area contributed by atoms with Crippen LogP contribution in [-0.4, -0.2) is 18.2 Å². The third kappa shape index (κ3) is 3.58. The Morgan fingerprint density at radius 1 is 1.00 bits per heavy atom. The molecule has 0 atom stereocenters. The second-order valence-corrected chi connectivity index (χ2v) is 4.32. The Kier molecular flexibility index (Phi) is 4.18. The number of carboxylic acids is 1. The molecule has 0 heterocycles. The molecule has 2 aromatic rings. The number of benzene rings is 2. The summed E-state index contributed by atoms with van der Waals surface area (Å²) in [7, 11) is 1.65. The van der Waals surface area contributed by atoms with Gasteiger partial charge in [-0.1, -0.05) is 36.4 Å². The minimum absolute atomic E-state index is 0.169. The van der Waals surface area contributed by atoms with Gasteiger partial charge in [-0.2, -0.15) is 0 Å². The Hall–Kier alpha value is -2.29. The van der Waals surface area contributed by atoms with Crippen LogP contribution in [0.3, 0.4) is 0 Å².